The molecule has 0 aliphatic rings. The van der Waals surface area contributed by atoms with Crippen LogP contribution < -0.4 is 14.9 Å². The van der Waals surface area contributed by atoms with Crippen molar-refractivity contribution in [2.45, 2.75) is 13.2 Å². The topological polar surface area (TPSA) is 61.2 Å². The highest BCUT2D eigenvalue weighted by Crippen LogP contribution is 2.34. The van der Waals surface area contributed by atoms with E-state index < -0.39 is 0 Å². The summed E-state index contributed by atoms with van der Waals surface area (Å²) < 4.78 is 12.9. The molecule has 26 heavy (non-hydrogen) atoms. The summed E-state index contributed by atoms with van der Waals surface area (Å²) >= 11 is 18.3. The summed E-state index contributed by atoms with van der Waals surface area (Å²) in [5.74, 6) is 1.12. The van der Waals surface area contributed by atoms with E-state index in [1.807, 2.05) is 12.1 Å². The van der Waals surface area contributed by atoms with Crippen molar-refractivity contribution in [1.29, 1.82) is 0 Å². The molecule has 136 valence electrons. The molecule has 2 aromatic carbocycles. The number of hydrogen-bond acceptors (Lipinski definition) is 5. The van der Waals surface area contributed by atoms with E-state index >= 15 is 0 Å². The molecule has 0 radical (unpaired) electrons. The average molecular weight is 414 g/mol. The Morgan fingerprint density at radius 2 is 1.73 bits per heavy atom. The second kappa shape index (κ2) is 8.49. The molecular weight excluding hydrogens is 399 g/mol. The third-order valence-corrected chi connectivity index (χ3v) is 4.67. The molecule has 1 heterocycles. The molecule has 3 aromatic rings. The minimum absolute atomic E-state index is 0.307. The lowest BCUT2D eigenvalue weighted by Crippen LogP contribution is -2.12. The number of nitrogens with zero attached hydrogens (tertiary/aromatic N) is 3. The predicted molar refractivity (Wildman–Crippen MR) is 102 cm³/mol. The van der Waals surface area contributed by atoms with Crippen LogP contribution in [-0.2, 0) is 13.2 Å². The molecule has 0 amide bonds. The number of ether oxygens (including phenoxy) is 2. The van der Waals surface area contributed by atoms with Gasteiger partial charge in [0, 0.05) is 11.1 Å². The first kappa shape index (κ1) is 18.6. The van der Waals surface area contributed by atoms with E-state index in [-0.39, 0.29) is 0 Å². The van der Waals surface area contributed by atoms with E-state index in [4.69, 9.17) is 44.3 Å². The fourth-order valence-electron chi connectivity index (χ4n) is 2.23. The van der Waals surface area contributed by atoms with Crippen LogP contribution in [0.3, 0.4) is 0 Å². The number of benzene rings is 2. The first-order valence-corrected chi connectivity index (χ1v) is 8.72. The highest BCUT2D eigenvalue weighted by molar-refractivity contribution is 6.42. The Morgan fingerprint density at radius 3 is 2.42 bits per heavy atom. The van der Waals surface area contributed by atoms with E-state index in [9.17, 15) is 0 Å². The van der Waals surface area contributed by atoms with Gasteiger partial charge in [0.25, 0.3) is 0 Å². The Balaban J connectivity index is 1.72. The van der Waals surface area contributed by atoms with E-state index in [1.165, 1.54) is 0 Å². The van der Waals surface area contributed by atoms with Crippen LogP contribution in [0, 0.1) is 0 Å². The van der Waals surface area contributed by atoms with Crippen molar-refractivity contribution in [3.8, 4) is 11.5 Å². The van der Waals surface area contributed by atoms with Crippen molar-refractivity contribution in [1.82, 2.24) is 14.9 Å². The number of rotatable bonds is 7. The standard InChI is InChI=1S/C17H15Cl3N4O2/c1-25-16-5-12(7-23-24-9-21-22-10-24)14(19)6-17(16)26-8-11-2-3-13(18)15(20)4-11/h2-6,9-10,23H,7-8H2,1H3. The van der Waals surface area contributed by atoms with Gasteiger partial charge in [0.05, 0.1) is 23.7 Å². The Hall–Kier alpha value is -2.15. The summed E-state index contributed by atoms with van der Waals surface area (Å²) in [6, 6.07) is 8.88. The zero-order valence-electron chi connectivity index (χ0n) is 13.7. The van der Waals surface area contributed by atoms with Gasteiger partial charge < -0.3 is 14.9 Å². The van der Waals surface area contributed by atoms with Gasteiger partial charge in [-0.15, -0.1) is 10.2 Å². The number of hydrogen-bond donors (Lipinski definition) is 1. The second-order valence-corrected chi connectivity index (χ2v) is 6.56. The van der Waals surface area contributed by atoms with E-state index in [0.717, 1.165) is 11.1 Å². The smallest absolute Gasteiger partial charge is 0.163 e. The number of nitrogens with one attached hydrogen (secondary N) is 1. The molecule has 0 saturated heterocycles. The predicted octanol–water partition coefficient (Wildman–Crippen LogP) is 4.57. The highest BCUT2D eigenvalue weighted by Gasteiger charge is 2.11. The lowest BCUT2D eigenvalue weighted by molar-refractivity contribution is 0.284. The number of aromatic nitrogens is 3. The van der Waals surface area contributed by atoms with Gasteiger partial charge in [0.15, 0.2) is 11.5 Å². The normalized spacial score (nSPS) is 10.6. The Morgan fingerprint density at radius 1 is 0.962 bits per heavy atom. The number of methoxy groups -OCH3 is 1. The maximum absolute atomic E-state index is 6.37. The minimum atomic E-state index is 0.307. The van der Waals surface area contributed by atoms with Gasteiger partial charge in [0.2, 0.25) is 0 Å². The Kier molecular flexibility index (Phi) is 6.08. The van der Waals surface area contributed by atoms with Crippen molar-refractivity contribution >= 4 is 34.8 Å². The maximum Gasteiger partial charge on any atom is 0.163 e. The van der Waals surface area contributed by atoms with Crippen LogP contribution in [-0.4, -0.2) is 22.0 Å². The van der Waals surface area contributed by atoms with Gasteiger partial charge >= 0.3 is 0 Å². The lowest BCUT2D eigenvalue weighted by atomic mass is 10.2. The molecule has 3 rings (SSSR count). The zero-order valence-corrected chi connectivity index (χ0v) is 16.0. The fraction of sp³-hybridized carbons (Fsp3) is 0.176. The van der Waals surface area contributed by atoms with E-state index in [1.54, 1.807) is 42.6 Å². The average Bonchev–Trinajstić information content (AvgIpc) is 3.15. The van der Waals surface area contributed by atoms with Gasteiger partial charge in [-0.25, -0.2) is 4.68 Å². The van der Waals surface area contributed by atoms with Gasteiger partial charge in [-0.2, -0.15) is 0 Å². The molecule has 1 aromatic heterocycles. The monoisotopic (exact) mass is 412 g/mol. The third kappa shape index (κ3) is 4.52. The summed E-state index contributed by atoms with van der Waals surface area (Å²) in [6.07, 6.45) is 3.11. The molecular formula is C17H15Cl3N4O2. The first-order valence-electron chi connectivity index (χ1n) is 7.58. The van der Waals surface area contributed by atoms with Crippen molar-refractivity contribution in [2.24, 2.45) is 0 Å². The summed E-state index contributed by atoms with van der Waals surface area (Å²) in [5.41, 5.74) is 4.84. The third-order valence-electron chi connectivity index (χ3n) is 3.58. The first-order chi connectivity index (χ1) is 12.6. The SMILES string of the molecule is COc1cc(CNn2cnnc2)c(Cl)cc1OCc1ccc(Cl)c(Cl)c1. The van der Waals surface area contributed by atoms with Gasteiger partial charge in [-0.1, -0.05) is 40.9 Å². The molecule has 0 bridgehead atoms. The van der Waals surface area contributed by atoms with Gasteiger partial charge in [-0.3, -0.25) is 0 Å². The molecule has 0 aliphatic heterocycles. The van der Waals surface area contributed by atoms with Crippen molar-refractivity contribution in [2.75, 3.05) is 12.5 Å². The molecule has 0 atom stereocenters. The number of halogens is 3. The van der Waals surface area contributed by atoms with E-state index in [2.05, 4.69) is 15.6 Å². The van der Waals surface area contributed by atoms with Crippen LogP contribution in [0.4, 0.5) is 0 Å². The van der Waals surface area contributed by atoms with Crippen LogP contribution in [0.1, 0.15) is 11.1 Å². The highest BCUT2D eigenvalue weighted by atomic mass is 35.5. The Labute approximate surface area is 165 Å². The van der Waals surface area contributed by atoms with Crippen molar-refractivity contribution in [3.63, 3.8) is 0 Å². The molecule has 0 spiro atoms. The molecule has 9 heteroatoms. The molecule has 0 aliphatic carbocycles. The summed E-state index contributed by atoms with van der Waals surface area (Å²) in [6.45, 7) is 0.780. The molecule has 0 fully saturated rings. The summed E-state index contributed by atoms with van der Waals surface area (Å²) in [4.78, 5) is 0. The quantitative estimate of drug-likeness (QED) is 0.615. The molecule has 1 N–H and O–H groups in total. The van der Waals surface area contributed by atoms with Crippen LogP contribution in [0.2, 0.25) is 15.1 Å². The molecule has 6 nitrogen and oxygen atoms in total. The van der Waals surface area contributed by atoms with Crippen LogP contribution in [0.15, 0.2) is 43.0 Å². The largest absolute Gasteiger partial charge is 0.493 e. The Bertz CT molecular complexity index is 888. The van der Waals surface area contributed by atoms with Gasteiger partial charge in [0.1, 0.15) is 19.3 Å². The zero-order chi connectivity index (χ0) is 18.5. The minimum Gasteiger partial charge on any atom is -0.493 e. The summed E-state index contributed by atoms with van der Waals surface area (Å²) in [7, 11) is 1.58. The summed E-state index contributed by atoms with van der Waals surface area (Å²) in [5, 5.41) is 8.98. The lowest BCUT2D eigenvalue weighted by Gasteiger charge is -2.15. The molecule has 0 unspecified atom stereocenters. The van der Waals surface area contributed by atoms with Crippen LogP contribution >= 0.6 is 34.8 Å². The second-order valence-electron chi connectivity index (χ2n) is 5.34. The van der Waals surface area contributed by atoms with E-state index in [0.29, 0.717) is 39.7 Å². The van der Waals surface area contributed by atoms with Gasteiger partial charge in [-0.05, 0) is 29.3 Å². The van der Waals surface area contributed by atoms with Crippen molar-refractivity contribution < 1.29 is 9.47 Å². The van der Waals surface area contributed by atoms with Crippen LogP contribution in [0.5, 0.6) is 11.5 Å². The van der Waals surface area contributed by atoms with Crippen LogP contribution in [0.25, 0.3) is 0 Å². The molecule has 0 saturated carbocycles. The van der Waals surface area contributed by atoms with Crippen molar-refractivity contribution in [3.05, 3.63) is 69.2 Å². The fourth-order valence-corrected chi connectivity index (χ4v) is 2.78. The maximum atomic E-state index is 6.37.